The molecule has 5 rings (SSSR count). The van der Waals surface area contributed by atoms with Crippen molar-refractivity contribution in [3.05, 3.63) is 65.2 Å². The van der Waals surface area contributed by atoms with Gasteiger partial charge < -0.3 is 19.1 Å². The van der Waals surface area contributed by atoms with E-state index in [-0.39, 0.29) is 35.7 Å². The standard InChI is InChI=1S/C25H29NO4/c1-25(2)19-14-20-22(29-23(19)18-6-4-5-7-21(18)30-25)12-13-26(20)24(27)17-10-8-16(9-11-17)15-28-3/h4-11,19-20,22-23H,12-15H2,1-3H3/t19-,20-,22-,23+/m1/s1. The number of likely N-dealkylation sites (tertiary alicyclic amines) is 1. The van der Waals surface area contributed by atoms with Crippen LogP contribution in [-0.2, 0) is 16.1 Å². The normalized spacial score (nSPS) is 28.8. The summed E-state index contributed by atoms with van der Waals surface area (Å²) in [7, 11) is 1.68. The van der Waals surface area contributed by atoms with E-state index in [1.54, 1.807) is 7.11 Å². The fourth-order valence-electron chi connectivity index (χ4n) is 5.36. The number of hydrogen-bond donors (Lipinski definition) is 0. The summed E-state index contributed by atoms with van der Waals surface area (Å²) in [5.74, 6) is 1.21. The van der Waals surface area contributed by atoms with E-state index < -0.39 is 0 Å². The molecule has 3 aliphatic rings. The highest BCUT2D eigenvalue weighted by Gasteiger charge is 2.53. The van der Waals surface area contributed by atoms with E-state index in [9.17, 15) is 4.79 Å². The summed E-state index contributed by atoms with van der Waals surface area (Å²) in [5.41, 5.74) is 2.58. The molecule has 30 heavy (non-hydrogen) atoms. The molecule has 0 bridgehead atoms. The van der Waals surface area contributed by atoms with Crippen LogP contribution in [0.5, 0.6) is 5.75 Å². The number of hydrogen-bond acceptors (Lipinski definition) is 4. The van der Waals surface area contributed by atoms with Crippen molar-refractivity contribution in [2.75, 3.05) is 13.7 Å². The van der Waals surface area contributed by atoms with Crippen LogP contribution in [0, 0.1) is 5.92 Å². The molecule has 158 valence electrons. The minimum absolute atomic E-state index is 0.0228. The quantitative estimate of drug-likeness (QED) is 0.758. The van der Waals surface area contributed by atoms with Crippen molar-refractivity contribution in [2.24, 2.45) is 5.92 Å². The number of para-hydroxylation sites is 1. The highest BCUT2D eigenvalue weighted by molar-refractivity contribution is 5.94. The Labute approximate surface area is 177 Å². The van der Waals surface area contributed by atoms with E-state index >= 15 is 0 Å². The van der Waals surface area contributed by atoms with E-state index in [2.05, 4.69) is 19.9 Å². The smallest absolute Gasteiger partial charge is 0.254 e. The minimum atomic E-state index is -0.344. The highest BCUT2D eigenvalue weighted by atomic mass is 16.5. The van der Waals surface area contributed by atoms with Gasteiger partial charge in [-0.3, -0.25) is 4.79 Å². The third-order valence-corrected chi connectivity index (χ3v) is 6.93. The van der Waals surface area contributed by atoms with Crippen LogP contribution in [0.1, 0.15) is 54.3 Å². The molecule has 0 aromatic heterocycles. The van der Waals surface area contributed by atoms with E-state index in [0.717, 1.165) is 41.8 Å². The molecule has 2 fully saturated rings. The number of rotatable bonds is 3. The summed E-state index contributed by atoms with van der Waals surface area (Å²) in [6, 6.07) is 16.0. The van der Waals surface area contributed by atoms with Crippen molar-refractivity contribution in [1.82, 2.24) is 4.90 Å². The molecule has 0 aliphatic carbocycles. The number of benzene rings is 2. The average molecular weight is 408 g/mol. The number of carbonyl (C=O) groups excluding carboxylic acids is 1. The van der Waals surface area contributed by atoms with Gasteiger partial charge in [0, 0.05) is 30.7 Å². The summed E-state index contributed by atoms with van der Waals surface area (Å²) < 4.78 is 18.2. The summed E-state index contributed by atoms with van der Waals surface area (Å²) >= 11 is 0. The molecule has 0 radical (unpaired) electrons. The Morgan fingerprint density at radius 2 is 1.93 bits per heavy atom. The lowest BCUT2D eigenvalue weighted by Crippen LogP contribution is -2.54. The Morgan fingerprint density at radius 3 is 2.70 bits per heavy atom. The van der Waals surface area contributed by atoms with Crippen LogP contribution in [0.3, 0.4) is 0 Å². The molecular formula is C25H29NO4. The number of fused-ring (bicyclic) bond motifs is 4. The Bertz CT molecular complexity index is 938. The van der Waals surface area contributed by atoms with Crippen LogP contribution in [0.4, 0.5) is 0 Å². The lowest BCUT2D eigenvalue weighted by Gasteiger charge is -2.50. The fraction of sp³-hybridized carbons (Fsp3) is 0.480. The Balaban J connectivity index is 1.39. The van der Waals surface area contributed by atoms with Crippen LogP contribution in [0.15, 0.2) is 48.5 Å². The molecule has 2 aromatic rings. The third-order valence-electron chi connectivity index (χ3n) is 6.93. The van der Waals surface area contributed by atoms with Gasteiger partial charge in [-0.05, 0) is 50.5 Å². The predicted octanol–water partition coefficient (Wildman–Crippen LogP) is 4.36. The summed E-state index contributed by atoms with van der Waals surface area (Å²) in [6.07, 6.45) is 1.87. The van der Waals surface area contributed by atoms with Gasteiger partial charge in [0.15, 0.2) is 0 Å². The molecule has 3 heterocycles. The van der Waals surface area contributed by atoms with Gasteiger partial charge in [-0.15, -0.1) is 0 Å². The van der Waals surface area contributed by atoms with Gasteiger partial charge in [0.25, 0.3) is 5.91 Å². The maximum atomic E-state index is 13.3. The van der Waals surface area contributed by atoms with E-state index in [0.29, 0.717) is 6.61 Å². The first kappa shape index (κ1) is 19.6. The van der Waals surface area contributed by atoms with Gasteiger partial charge >= 0.3 is 0 Å². The van der Waals surface area contributed by atoms with Crippen LogP contribution >= 0.6 is 0 Å². The number of ether oxygens (including phenoxy) is 3. The van der Waals surface area contributed by atoms with Gasteiger partial charge in [0.05, 0.1) is 24.9 Å². The van der Waals surface area contributed by atoms with Gasteiger partial charge in [-0.25, -0.2) is 0 Å². The molecule has 2 aromatic carbocycles. The minimum Gasteiger partial charge on any atom is -0.487 e. The zero-order valence-corrected chi connectivity index (χ0v) is 17.8. The fourth-order valence-corrected chi connectivity index (χ4v) is 5.36. The van der Waals surface area contributed by atoms with Crippen molar-refractivity contribution in [3.63, 3.8) is 0 Å². The highest BCUT2D eigenvalue weighted by Crippen LogP contribution is 2.52. The third kappa shape index (κ3) is 3.21. The van der Waals surface area contributed by atoms with E-state index in [1.807, 2.05) is 47.4 Å². The maximum absolute atomic E-state index is 13.3. The number of nitrogens with zero attached hydrogens (tertiary/aromatic N) is 1. The number of amides is 1. The largest absolute Gasteiger partial charge is 0.487 e. The van der Waals surface area contributed by atoms with Crippen molar-refractivity contribution in [3.8, 4) is 5.75 Å². The second-order valence-electron chi connectivity index (χ2n) is 9.17. The van der Waals surface area contributed by atoms with Gasteiger partial charge in [-0.1, -0.05) is 30.3 Å². The lowest BCUT2D eigenvalue weighted by atomic mass is 9.74. The zero-order chi connectivity index (χ0) is 20.9. The lowest BCUT2D eigenvalue weighted by molar-refractivity contribution is -0.159. The summed E-state index contributed by atoms with van der Waals surface area (Å²) in [6.45, 7) is 5.56. The molecule has 0 saturated carbocycles. The van der Waals surface area contributed by atoms with Gasteiger partial charge in [0.1, 0.15) is 11.4 Å². The molecule has 5 heteroatoms. The SMILES string of the molecule is COCc1ccc(C(=O)N2CC[C@H]3O[C@H]4c5ccccc5OC(C)(C)[C@@H]4C[C@H]32)cc1. The zero-order valence-electron chi connectivity index (χ0n) is 17.8. The van der Waals surface area contributed by atoms with Crippen molar-refractivity contribution in [1.29, 1.82) is 0 Å². The topological polar surface area (TPSA) is 48.0 Å². The first-order valence-electron chi connectivity index (χ1n) is 10.8. The predicted molar refractivity (Wildman–Crippen MR) is 113 cm³/mol. The molecule has 0 spiro atoms. The molecule has 4 atom stereocenters. The second kappa shape index (κ2) is 7.40. The monoisotopic (exact) mass is 407 g/mol. The Hall–Kier alpha value is -2.37. The average Bonchev–Trinajstić information content (AvgIpc) is 3.16. The first-order valence-corrected chi connectivity index (χ1v) is 10.8. The molecular weight excluding hydrogens is 378 g/mol. The molecule has 3 aliphatic heterocycles. The van der Waals surface area contributed by atoms with Crippen LogP contribution in [0.25, 0.3) is 0 Å². The van der Waals surface area contributed by atoms with E-state index in [1.165, 1.54) is 0 Å². The van der Waals surface area contributed by atoms with Gasteiger partial charge in [-0.2, -0.15) is 0 Å². The van der Waals surface area contributed by atoms with Crippen molar-refractivity contribution >= 4 is 5.91 Å². The van der Waals surface area contributed by atoms with Crippen molar-refractivity contribution in [2.45, 2.75) is 57.1 Å². The number of carbonyl (C=O) groups is 1. The molecule has 1 amide bonds. The molecule has 0 N–H and O–H groups in total. The molecule has 2 saturated heterocycles. The van der Waals surface area contributed by atoms with E-state index in [4.69, 9.17) is 14.2 Å². The maximum Gasteiger partial charge on any atom is 0.254 e. The first-order chi connectivity index (χ1) is 14.5. The van der Waals surface area contributed by atoms with Crippen molar-refractivity contribution < 1.29 is 19.0 Å². The van der Waals surface area contributed by atoms with Crippen LogP contribution < -0.4 is 4.74 Å². The Morgan fingerprint density at radius 1 is 1.17 bits per heavy atom. The van der Waals surface area contributed by atoms with Crippen LogP contribution in [-0.4, -0.2) is 42.2 Å². The Kier molecular flexibility index (Phi) is 4.83. The van der Waals surface area contributed by atoms with Crippen LogP contribution in [0.2, 0.25) is 0 Å². The number of methoxy groups -OCH3 is 1. The second-order valence-corrected chi connectivity index (χ2v) is 9.17. The molecule has 5 nitrogen and oxygen atoms in total. The summed E-state index contributed by atoms with van der Waals surface area (Å²) in [4.78, 5) is 15.3. The molecule has 0 unspecified atom stereocenters. The van der Waals surface area contributed by atoms with Gasteiger partial charge in [0.2, 0.25) is 0 Å². The summed E-state index contributed by atoms with van der Waals surface area (Å²) in [5, 5.41) is 0.